The third kappa shape index (κ3) is 3.00. The molecule has 0 amide bonds. The van der Waals surface area contributed by atoms with Crippen LogP contribution in [0, 0.1) is 0 Å². The normalized spacial score (nSPS) is 11.7. The maximum atomic E-state index is 11.0. The fraction of sp³-hybridized carbons (Fsp3) is 0.231. The number of hydrogen-bond acceptors (Lipinski definition) is 4. The van der Waals surface area contributed by atoms with Crippen LogP contribution in [0.5, 0.6) is 5.75 Å². The number of fused-ring (bicyclic) bond motifs is 1. The molecule has 0 heterocycles. The summed E-state index contributed by atoms with van der Waals surface area (Å²) in [5.74, 6) is 0.731. The third-order valence-electron chi connectivity index (χ3n) is 2.61. The maximum Gasteiger partial charge on any atom is 0.264 e. The van der Waals surface area contributed by atoms with Gasteiger partial charge in [0, 0.05) is 0 Å². The van der Waals surface area contributed by atoms with Gasteiger partial charge in [0.1, 0.15) is 5.75 Å². The number of rotatable bonds is 4. The molecule has 0 spiro atoms. The zero-order valence-electron chi connectivity index (χ0n) is 10.2. The van der Waals surface area contributed by atoms with E-state index in [-0.39, 0.29) is 6.61 Å². The van der Waals surface area contributed by atoms with Crippen LogP contribution in [0.25, 0.3) is 10.8 Å². The summed E-state index contributed by atoms with van der Waals surface area (Å²) in [4.78, 5) is 0. The Labute approximate surface area is 106 Å². The average Bonchev–Trinajstić information content (AvgIpc) is 2.34. The zero-order valence-corrected chi connectivity index (χ0v) is 11.0. The number of methoxy groups -OCH3 is 1. The molecule has 18 heavy (non-hydrogen) atoms. The Morgan fingerprint density at radius 1 is 1.17 bits per heavy atom. The van der Waals surface area contributed by atoms with Gasteiger partial charge in [-0.15, -0.1) is 0 Å². The standard InChI is InChI=1S/C13H14O4S/c1-16-12-7-6-10-4-3-5-11(13(10)8-12)9-17-18(2,14)15/h3-8H,9H2,1-2H3. The molecular formula is C13H14O4S. The van der Waals surface area contributed by atoms with Gasteiger partial charge in [-0.25, -0.2) is 0 Å². The number of ether oxygens (including phenoxy) is 1. The summed E-state index contributed by atoms with van der Waals surface area (Å²) in [6, 6.07) is 11.3. The van der Waals surface area contributed by atoms with Gasteiger partial charge in [0.15, 0.2) is 0 Å². The molecular weight excluding hydrogens is 252 g/mol. The van der Waals surface area contributed by atoms with Crippen molar-refractivity contribution in [3.8, 4) is 5.75 Å². The van der Waals surface area contributed by atoms with Crippen LogP contribution < -0.4 is 4.74 Å². The Morgan fingerprint density at radius 2 is 1.94 bits per heavy atom. The minimum atomic E-state index is -3.44. The third-order valence-corrected chi connectivity index (χ3v) is 3.15. The summed E-state index contributed by atoms with van der Waals surface area (Å²) in [6.45, 7) is 0.0311. The van der Waals surface area contributed by atoms with E-state index in [4.69, 9.17) is 8.92 Å². The second kappa shape index (κ2) is 4.96. The fourth-order valence-corrected chi connectivity index (χ4v) is 2.08. The first-order valence-electron chi connectivity index (χ1n) is 5.39. The fourth-order valence-electron chi connectivity index (χ4n) is 1.74. The lowest BCUT2D eigenvalue weighted by Crippen LogP contribution is -2.03. The first-order valence-corrected chi connectivity index (χ1v) is 7.21. The highest BCUT2D eigenvalue weighted by Gasteiger charge is 2.06. The van der Waals surface area contributed by atoms with Crippen molar-refractivity contribution in [1.82, 2.24) is 0 Å². The predicted molar refractivity (Wildman–Crippen MR) is 70.1 cm³/mol. The van der Waals surface area contributed by atoms with Crippen molar-refractivity contribution in [1.29, 1.82) is 0 Å². The van der Waals surface area contributed by atoms with E-state index in [2.05, 4.69) is 0 Å². The molecule has 0 aliphatic heterocycles. The molecule has 0 fully saturated rings. The molecule has 0 aliphatic carbocycles. The quantitative estimate of drug-likeness (QED) is 0.797. The molecule has 0 saturated heterocycles. The topological polar surface area (TPSA) is 52.6 Å². The van der Waals surface area contributed by atoms with E-state index in [1.54, 1.807) is 7.11 Å². The molecule has 2 aromatic rings. The zero-order chi connectivity index (χ0) is 13.2. The van der Waals surface area contributed by atoms with Crippen molar-refractivity contribution in [2.24, 2.45) is 0 Å². The molecule has 2 aromatic carbocycles. The van der Waals surface area contributed by atoms with Crippen molar-refractivity contribution in [3.63, 3.8) is 0 Å². The predicted octanol–water partition coefficient (Wildman–Crippen LogP) is 2.32. The van der Waals surface area contributed by atoms with Crippen molar-refractivity contribution in [2.75, 3.05) is 13.4 Å². The molecule has 0 aromatic heterocycles. The molecule has 0 radical (unpaired) electrons. The minimum absolute atomic E-state index is 0.0311. The van der Waals surface area contributed by atoms with Crippen LogP contribution in [0.1, 0.15) is 5.56 Å². The van der Waals surface area contributed by atoms with Gasteiger partial charge in [0.2, 0.25) is 0 Å². The van der Waals surface area contributed by atoms with E-state index in [1.807, 2.05) is 36.4 Å². The molecule has 0 unspecified atom stereocenters. The lowest BCUT2D eigenvalue weighted by molar-refractivity contribution is 0.313. The van der Waals surface area contributed by atoms with E-state index in [9.17, 15) is 8.42 Å². The maximum absolute atomic E-state index is 11.0. The highest BCUT2D eigenvalue weighted by atomic mass is 32.2. The van der Waals surface area contributed by atoms with Gasteiger partial charge in [-0.05, 0) is 28.5 Å². The van der Waals surface area contributed by atoms with Crippen molar-refractivity contribution in [3.05, 3.63) is 42.0 Å². The van der Waals surface area contributed by atoms with Crippen LogP contribution in [0.3, 0.4) is 0 Å². The van der Waals surface area contributed by atoms with E-state index >= 15 is 0 Å². The second-order valence-electron chi connectivity index (χ2n) is 3.97. The van der Waals surface area contributed by atoms with Gasteiger partial charge < -0.3 is 4.74 Å². The molecule has 0 aliphatic rings. The Morgan fingerprint density at radius 3 is 2.61 bits per heavy atom. The summed E-state index contributed by atoms with van der Waals surface area (Å²) < 4.78 is 32.0. The summed E-state index contributed by atoms with van der Waals surface area (Å²) >= 11 is 0. The van der Waals surface area contributed by atoms with Crippen molar-refractivity contribution in [2.45, 2.75) is 6.61 Å². The summed E-state index contributed by atoms with van der Waals surface area (Å²) in [7, 11) is -1.84. The van der Waals surface area contributed by atoms with Gasteiger partial charge in [0.05, 0.1) is 20.0 Å². The largest absolute Gasteiger partial charge is 0.497 e. The van der Waals surface area contributed by atoms with Gasteiger partial charge in [0.25, 0.3) is 10.1 Å². The van der Waals surface area contributed by atoms with Gasteiger partial charge in [-0.2, -0.15) is 8.42 Å². The highest BCUT2D eigenvalue weighted by molar-refractivity contribution is 7.85. The number of benzene rings is 2. The van der Waals surface area contributed by atoms with Crippen LogP contribution in [0.4, 0.5) is 0 Å². The molecule has 0 saturated carbocycles. The van der Waals surface area contributed by atoms with Gasteiger partial charge in [-0.3, -0.25) is 4.18 Å². The van der Waals surface area contributed by atoms with E-state index in [0.717, 1.165) is 28.3 Å². The first kappa shape index (κ1) is 12.9. The summed E-state index contributed by atoms with van der Waals surface area (Å²) in [6.07, 6.45) is 1.04. The van der Waals surface area contributed by atoms with Crippen LogP contribution in [-0.4, -0.2) is 21.8 Å². The highest BCUT2D eigenvalue weighted by Crippen LogP contribution is 2.24. The molecule has 5 heteroatoms. The number of hydrogen-bond donors (Lipinski definition) is 0. The van der Waals surface area contributed by atoms with Crippen LogP contribution in [0.2, 0.25) is 0 Å². The van der Waals surface area contributed by atoms with E-state index in [1.165, 1.54) is 0 Å². The molecule has 0 atom stereocenters. The van der Waals surface area contributed by atoms with Crippen molar-refractivity contribution < 1.29 is 17.3 Å². The van der Waals surface area contributed by atoms with Gasteiger partial charge >= 0.3 is 0 Å². The average molecular weight is 266 g/mol. The first-order chi connectivity index (χ1) is 8.49. The lowest BCUT2D eigenvalue weighted by atomic mass is 10.0. The van der Waals surface area contributed by atoms with Gasteiger partial charge in [-0.1, -0.05) is 24.3 Å². The van der Waals surface area contributed by atoms with Crippen LogP contribution in [-0.2, 0) is 20.9 Å². The summed E-state index contributed by atoms with van der Waals surface area (Å²) in [5.41, 5.74) is 0.817. The van der Waals surface area contributed by atoms with E-state index in [0.29, 0.717) is 0 Å². The monoisotopic (exact) mass is 266 g/mol. The smallest absolute Gasteiger partial charge is 0.264 e. The van der Waals surface area contributed by atoms with E-state index < -0.39 is 10.1 Å². The van der Waals surface area contributed by atoms with Crippen LogP contribution in [0.15, 0.2) is 36.4 Å². The Kier molecular flexibility index (Phi) is 3.54. The molecule has 96 valence electrons. The Hall–Kier alpha value is -1.59. The van der Waals surface area contributed by atoms with Crippen molar-refractivity contribution >= 4 is 20.9 Å². The molecule has 4 nitrogen and oxygen atoms in total. The Bertz CT molecular complexity index is 662. The summed E-state index contributed by atoms with van der Waals surface area (Å²) in [5, 5.41) is 1.95. The van der Waals surface area contributed by atoms with Crippen LogP contribution >= 0.6 is 0 Å². The Balaban J connectivity index is 2.43. The second-order valence-corrected chi connectivity index (χ2v) is 5.61. The SMILES string of the molecule is COc1ccc2cccc(COS(C)(=O)=O)c2c1. The molecule has 2 rings (SSSR count). The molecule has 0 N–H and O–H groups in total. The minimum Gasteiger partial charge on any atom is -0.497 e. The molecule has 0 bridgehead atoms. The lowest BCUT2D eigenvalue weighted by Gasteiger charge is -2.08.